The van der Waals surface area contributed by atoms with E-state index < -0.39 is 0 Å². The van der Waals surface area contributed by atoms with E-state index in [0.717, 1.165) is 16.8 Å². The molecule has 0 fully saturated rings. The standard InChI is InChI=1S/C16H13NO3/c1-20-15-7-6-10(9-14(15)18)8-12-11-4-2-3-5-13(11)17-16(12)19/h2-9,18H,1H3,(H,17,19)/b12-8+. The van der Waals surface area contributed by atoms with Gasteiger partial charge in [-0.2, -0.15) is 0 Å². The second kappa shape index (κ2) is 4.74. The number of carbonyl (C=O) groups excluding carboxylic acids is 1. The number of fused-ring (bicyclic) bond motifs is 1. The number of benzene rings is 2. The number of rotatable bonds is 2. The van der Waals surface area contributed by atoms with Crippen LogP contribution in [0, 0.1) is 0 Å². The van der Waals surface area contributed by atoms with Crippen molar-refractivity contribution in [3.63, 3.8) is 0 Å². The molecule has 2 aromatic rings. The van der Waals surface area contributed by atoms with E-state index >= 15 is 0 Å². The van der Waals surface area contributed by atoms with Crippen LogP contribution in [0.4, 0.5) is 5.69 Å². The molecule has 0 aliphatic carbocycles. The SMILES string of the molecule is COc1ccc(/C=C2/C(=O)Nc3ccccc32)cc1O. The van der Waals surface area contributed by atoms with Crippen LogP contribution in [0.1, 0.15) is 11.1 Å². The average Bonchev–Trinajstić information content (AvgIpc) is 2.76. The van der Waals surface area contributed by atoms with Crippen LogP contribution in [0.25, 0.3) is 11.6 Å². The van der Waals surface area contributed by atoms with E-state index in [4.69, 9.17) is 4.74 Å². The molecule has 0 atom stereocenters. The lowest BCUT2D eigenvalue weighted by atomic mass is 10.0. The third-order valence-corrected chi connectivity index (χ3v) is 3.22. The number of phenolic OH excluding ortho intramolecular Hbond substituents is 1. The van der Waals surface area contributed by atoms with Gasteiger partial charge in [-0.15, -0.1) is 0 Å². The third kappa shape index (κ3) is 2.01. The maximum atomic E-state index is 12.0. The largest absolute Gasteiger partial charge is 0.504 e. The highest BCUT2D eigenvalue weighted by Crippen LogP contribution is 2.34. The van der Waals surface area contributed by atoms with E-state index in [2.05, 4.69) is 5.32 Å². The second-order valence-corrected chi connectivity index (χ2v) is 4.49. The smallest absolute Gasteiger partial charge is 0.256 e. The van der Waals surface area contributed by atoms with Crippen LogP contribution in [0.5, 0.6) is 11.5 Å². The number of phenols is 1. The molecule has 2 aromatic carbocycles. The fourth-order valence-corrected chi connectivity index (χ4v) is 2.25. The summed E-state index contributed by atoms with van der Waals surface area (Å²) in [4.78, 5) is 12.0. The highest BCUT2D eigenvalue weighted by atomic mass is 16.5. The van der Waals surface area contributed by atoms with Gasteiger partial charge in [0.05, 0.1) is 7.11 Å². The Hall–Kier alpha value is -2.75. The monoisotopic (exact) mass is 267 g/mol. The Balaban J connectivity index is 2.04. The van der Waals surface area contributed by atoms with E-state index in [1.807, 2.05) is 24.3 Å². The summed E-state index contributed by atoms with van der Waals surface area (Å²) in [7, 11) is 1.49. The van der Waals surface area contributed by atoms with Crippen molar-refractivity contribution in [3.05, 3.63) is 53.6 Å². The summed E-state index contributed by atoms with van der Waals surface area (Å²) in [5, 5.41) is 12.6. The molecule has 100 valence electrons. The van der Waals surface area contributed by atoms with Gasteiger partial charge < -0.3 is 15.2 Å². The molecular formula is C16H13NO3. The highest BCUT2D eigenvalue weighted by molar-refractivity contribution is 6.34. The fourth-order valence-electron chi connectivity index (χ4n) is 2.25. The minimum Gasteiger partial charge on any atom is -0.504 e. The molecule has 0 saturated heterocycles. The minimum atomic E-state index is -0.137. The number of para-hydroxylation sites is 1. The first-order chi connectivity index (χ1) is 9.69. The lowest BCUT2D eigenvalue weighted by Crippen LogP contribution is -2.03. The van der Waals surface area contributed by atoms with Gasteiger partial charge in [0.1, 0.15) is 0 Å². The zero-order valence-electron chi connectivity index (χ0n) is 10.9. The van der Waals surface area contributed by atoms with Gasteiger partial charge in [-0.25, -0.2) is 0 Å². The summed E-state index contributed by atoms with van der Waals surface area (Å²) in [6.07, 6.45) is 1.75. The molecule has 20 heavy (non-hydrogen) atoms. The predicted molar refractivity (Wildman–Crippen MR) is 77.6 cm³/mol. The summed E-state index contributed by atoms with van der Waals surface area (Å²) in [6.45, 7) is 0. The number of amides is 1. The number of aromatic hydroxyl groups is 1. The zero-order chi connectivity index (χ0) is 14.1. The lowest BCUT2D eigenvalue weighted by molar-refractivity contribution is -0.110. The van der Waals surface area contributed by atoms with Crippen LogP contribution in [0.3, 0.4) is 0 Å². The van der Waals surface area contributed by atoms with Crippen molar-refractivity contribution in [2.75, 3.05) is 12.4 Å². The number of nitrogens with one attached hydrogen (secondary N) is 1. The van der Waals surface area contributed by atoms with Gasteiger partial charge in [0.15, 0.2) is 11.5 Å². The Labute approximate surface area is 116 Å². The van der Waals surface area contributed by atoms with Gasteiger partial charge in [-0.05, 0) is 29.8 Å². The molecule has 1 heterocycles. The Morgan fingerprint density at radius 2 is 2.00 bits per heavy atom. The predicted octanol–water partition coefficient (Wildman–Crippen LogP) is 2.89. The Morgan fingerprint density at radius 1 is 1.20 bits per heavy atom. The van der Waals surface area contributed by atoms with E-state index in [9.17, 15) is 9.90 Å². The first kappa shape index (κ1) is 12.3. The van der Waals surface area contributed by atoms with Crippen LogP contribution >= 0.6 is 0 Å². The van der Waals surface area contributed by atoms with Crippen molar-refractivity contribution >= 4 is 23.2 Å². The van der Waals surface area contributed by atoms with Crippen molar-refractivity contribution in [1.82, 2.24) is 0 Å². The van der Waals surface area contributed by atoms with E-state index in [1.54, 1.807) is 24.3 Å². The van der Waals surface area contributed by atoms with Gasteiger partial charge in [0.25, 0.3) is 5.91 Å². The van der Waals surface area contributed by atoms with Gasteiger partial charge in [-0.3, -0.25) is 4.79 Å². The lowest BCUT2D eigenvalue weighted by Gasteiger charge is -2.04. The second-order valence-electron chi connectivity index (χ2n) is 4.49. The number of methoxy groups -OCH3 is 1. The molecule has 4 heteroatoms. The van der Waals surface area contributed by atoms with Gasteiger partial charge in [0.2, 0.25) is 0 Å². The molecule has 2 N–H and O–H groups in total. The Morgan fingerprint density at radius 3 is 2.75 bits per heavy atom. The topological polar surface area (TPSA) is 58.6 Å². The molecule has 1 aliphatic rings. The summed E-state index contributed by atoms with van der Waals surface area (Å²) in [5.41, 5.74) is 3.00. The molecule has 1 aliphatic heterocycles. The van der Waals surface area contributed by atoms with Crippen molar-refractivity contribution < 1.29 is 14.6 Å². The van der Waals surface area contributed by atoms with Crippen LogP contribution in [-0.2, 0) is 4.79 Å². The molecule has 0 spiro atoms. The zero-order valence-corrected chi connectivity index (χ0v) is 10.9. The summed E-state index contributed by atoms with van der Waals surface area (Å²) in [5.74, 6) is 0.318. The van der Waals surface area contributed by atoms with E-state index in [0.29, 0.717) is 11.3 Å². The van der Waals surface area contributed by atoms with Gasteiger partial charge >= 0.3 is 0 Å². The number of hydrogen-bond acceptors (Lipinski definition) is 3. The summed E-state index contributed by atoms with van der Waals surface area (Å²) < 4.78 is 5.00. The van der Waals surface area contributed by atoms with Gasteiger partial charge in [-0.1, -0.05) is 24.3 Å². The molecule has 0 aromatic heterocycles. The van der Waals surface area contributed by atoms with E-state index in [1.165, 1.54) is 7.11 Å². The van der Waals surface area contributed by atoms with Crippen molar-refractivity contribution in [2.24, 2.45) is 0 Å². The number of anilines is 1. The first-order valence-electron chi connectivity index (χ1n) is 6.18. The van der Waals surface area contributed by atoms with Crippen molar-refractivity contribution in [3.8, 4) is 11.5 Å². The highest BCUT2D eigenvalue weighted by Gasteiger charge is 2.23. The number of carbonyl (C=O) groups is 1. The molecule has 0 saturated carbocycles. The molecule has 1 amide bonds. The van der Waals surface area contributed by atoms with Gasteiger partial charge in [0, 0.05) is 16.8 Å². The van der Waals surface area contributed by atoms with E-state index in [-0.39, 0.29) is 11.7 Å². The maximum absolute atomic E-state index is 12.0. The Bertz CT molecular complexity index is 719. The summed E-state index contributed by atoms with van der Waals surface area (Å²) >= 11 is 0. The number of ether oxygens (including phenoxy) is 1. The van der Waals surface area contributed by atoms with Crippen LogP contribution in [0.2, 0.25) is 0 Å². The molecule has 0 bridgehead atoms. The molecule has 3 rings (SSSR count). The molecule has 4 nitrogen and oxygen atoms in total. The molecule has 0 radical (unpaired) electrons. The first-order valence-corrected chi connectivity index (χ1v) is 6.18. The van der Waals surface area contributed by atoms with Crippen LogP contribution in [-0.4, -0.2) is 18.1 Å². The third-order valence-electron chi connectivity index (χ3n) is 3.22. The maximum Gasteiger partial charge on any atom is 0.256 e. The molecule has 0 unspecified atom stereocenters. The average molecular weight is 267 g/mol. The van der Waals surface area contributed by atoms with Crippen molar-refractivity contribution in [1.29, 1.82) is 0 Å². The van der Waals surface area contributed by atoms with Crippen LogP contribution in [0.15, 0.2) is 42.5 Å². The summed E-state index contributed by atoms with van der Waals surface area (Å²) in [6, 6.07) is 12.5. The minimum absolute atomic E-state index is 0.0496. The number of hydrogen-bond donors (Lipinski definition) is 2. The normalized spacial score (nSPS) is 15.1. The van der Waals surface area contributed by atoms with Crippen LogP contribution < -0.4 is 10.1 Å². The molecular weight excluding hydrogens is 254 g/mol. The van der Waals surface area contributed by atoms with Crippen molar-refractivity contribution in [2.45, 2.75) is 0 Å². The Kier molecular flexibility index (Phi) is 2.91. The quantitative estimate of drug-likeness (QED) is 0.822. The fraction of sp³-hybridized carbons (Fsp3) is 0.0625.